The maximum Gasteiger partial charge on any atom is 0.0780 e. The summed E-state index contributed by atoms with van der Waals surface area (Å²) in [6.45, 7) is 4.27. The maximum absolute atomic E-state index is 2.30. The van der Waals surface area contributed by atoms with Crippen LogP contribution >= 0.6 is 23.5 Å². The third-order valence-electron chi connectivity index (χ3n) is 3.11. The van der Waals surface area contributed by atoms with E-state index in [0.29, 0.717) is 4.58 Å². The SMILES string of the molecule is Cc1ccc(SC2C=Cc3cc(C)ccc3S2)cc1. The zero-order chi connectivity index (χ0) is 13.2. The van der Waals surface area contributed by atoms with Gasteiger partial charge in [0.2, 0.25) is 0 Å². The third-order valence-corrected chi connectivity index (χ3v) is 5.64. The molecule has 0 saturated heterocycles. The van der Waals surface area contributed by atoms with Crippen molar-refractivity contribution in [3.05, 3.63) is 65.2 Å². The smallest absolute Gasteiger partial charge is 0.0780 e. The third kappa shape index (κ3) is 3.07. The highest BCUT2D eigenvalue weighted by Crippen LogP contribution is 2.41. The van der Waals surface area contributed by atoms with Crippen molar-refractivity contribution in [3.63, 3.8) is 0 Å². The Kier molecular flexibility index (Phi) is 3.72. The van der Waals surface area contributed by atoms with Gasteiger partial charge in [-0.2, -0.15) is 0 Å². The summed E-state index contributed by atoms with van der Waals surface area (Å²) in [4.78, 5) is 2.72. The lowest BCUT2D eigenvalue weighted by molar-refractivity contribution is 1.33. The zero-order valence-corrected chi connectivity index (χ0v) is 12.7. The molecule has 0 nitrogen and oxygen atoms in total. The van der Waals surface area contributed by atoms with Gasteiger partial charge in [-0.3, -0.25) is 0 Å². The molecule has 1 unspecified atom stereocenters. The van der Waals surface area contributed by atoms with Gasteiger partial charge in [0, 0.05) is 9.79 Å². The molecule has 0 spiro atoms. The Hall–Kier alpha value is -1.12. The Bertz CT molecular complexity index is 612. The van der Waals surface area contributed by atoms with Gasteiger partial charge in [-0.1, -0.05) is 47.5 Å². The maximum atomic E-state index is 2.30. The number of rotatable bonds is 2. The molecule has 0 bridgehead atoms. The van der Waals surface area contributed by atoms with Gasteiger partial charge in [-0.25, -0.2) is 0 Å². The molecule has 96 valence electrons. The van der Waals surface area contributed by atoms with Crippen LogP contribution in [-0.4, -0.2) is 4.58 Å². The Morgan fingerprint density at radius 3 is 2.47 bits per heavy atom. The summed E-state index contributed by atoms with van der Waals surface area (Å²) in [7, 11) is 0. The molecular formula is C17H16S2. The Balaban J connectivity index is 1.76. The summed E-state index contributed by atoms with van der Waals surface area (Å²) in [5.41, 5.74) is 4.00. The molecule has 1 aliphatic rings. The molecule has 3 rings (SSSR count). The second-order valence-electron chi connectivity index (χ2n) is 4.82. The van der Waals surface area contributed by atoms with Gasteiger partial charge in [0.25, 0.3) is 0 Å². The monoisotopic (exact) mass is 284 g/mol. The van der Waals surface area contributed by atoms with E-state index in [0.717, 1.165) is 0 Å². The van der Waals surface area contributed by atoms with Crippen molar-refractivity contribution in [1.29, 1.82) is 0 Å². The van der Waals surface area contributed by atoms with E-state index >= 15 is 0 Å². The van der Waals surface area contributed by atoms with Gasteiger partial charge in [-0.15, -0.1) is 23.5 Å². The van der Waals surface area contributed by atoms with E-state index in [9.17, 15) is 0 Å². The standard InChI is InChI=1S/C17H16S2/c1-12-3-7-15(8-4-12)18-17-10-6-14-11-13(2)5-9-16(14)19-17/h3-11,17H,1-2H3. The summed E-state index contributed by atoms with van der Waals surface area (Å²) in [5.74, 6) is 0. The Labute approximate surface area is 123 Å². The molecule has 2 aromatic rings. The highest BCUT2D eigenvalue weighted by molar-refractivity contribution is 8.17. The van der Waals surface area contributed by atoms with E-state index in [1.807, 2.05) is 23.5 Å². The van der Waals surface area contributed by atoms with E-state index in [4.69, 9.17) is 0 Å². The van der Waals surface area contributed by atoms with Crippen LogP contribution in [0.25, 0.3) is 6.08 Å². The van der Waals surface area contributed by atoms with Crippen molar-refractivity contribution in [1.82, 2.24) is 0 Å². The van der Waals surface area contributed by atoms with E-state index in [-0.39, 0.29) is 0 Å². The Morgan fingerprint density at radius 1 is 0.947 bits per heavy atom. The number of benzene rings is 2. The molecule has 2 aromatic carbocycles. The first-order valence-electron chi connectivity index (χ1n) is 6.39. The van der Waals surface area contributed by atoms with Crippen LogP contribution in [0.1, 0.15) is 16.7 Å². The minimum Gasteiger partial charge on any atom is -0.107 e. The van der Waals surface area contributed by atoms with Crippen molar-refractivity contribution in [2.75, 3.05) is 0 Å². The van der Waals surface area contributed by atoms with Crippen LogP contribution in [0, 0.1) is 13.8 Å². The first kappa shape index (κ1) is 12.9. The van der Waals surface area contributed by atoms with Crippen molar-refractivity contribution in [3.8, 4) is 0 Å². The number of hydrogen-bond donors (Lipinski definition) is 0. The number of fused-ring (bicyclic) bond motifs is 1. The van der Waals surface area contributed by atoms with Gasteiger partial charge >= 0.3 is 0 Å². The molecule has 1 aliphatic heterocycles. The van der Waals surface area contributed by atoms with Gasteiger partial charge in [0.15, 0.2) is 0 Å². The first-order valence-corrected chi connectivity index (χ1v) is 8.15. The van der Waals surface area contributed by atoms with Gasteiger partial charge < -0.3 is 0 Å². The van der Waals surface area contributed by atoms with Crippen molar-refractivity contribution in [2.45, 2.75) is 28.2 Å². The van der Waals surface area contributed by atoms with E-state index in [2.05, 4.69) is 68.5 Å². The molecule has 2 heteroatoms. The predicted octanol–water partition coefficient (Wildman–Crippen LogP) is 5.54. The summed E-state index contributed by atoms with van der Waals surface area (Å²) >= 11 is 3.86. The molecule has 0 saturated carbocycles. The molecule has 1 heterocycles. The van der Waals surface area contributed by atoms with E-state index in [1.54, 1.807) is 0 Å². The molecule has 0 aromatic heterocycles. The minimum atomic E-state index is 0.470. The molecule has 0 aliphatic carbocycles. The average Bonchev–Trinajstić information content (AvgIpc) is 2.42. The summed E-state index contributed by atoms with van der Waals surface area (Å²) < 4.78 is 0.470. The normalized spacial score (nSPS) is 17.3. The van der Waals surface area contributed by atoms with E-state index in [1.165, 1.54) is 26.5 Å². The number of thioether (sulfide) groups is 2. The fourth-order valence-electron chi connectivity index (χ4n) is 2.07. The largest absolute Gasteiger partial charge is 0.107 e. The molecular weight excluding hydrogens is 268 g/mol. The average molecular weight is 284 g/mol. The summed E-state index contributed by atoms with van der Waals surface area (Å²) in [6.07, 6.45) is 4.56. The topological polar surface area (TPSA) is 0 Å². The van der Waals surface area contributed by atoms with Crippen molar-refractivity contribution >= 4 is 29.6 Å². The van der Waals surface area contributed by atoms with Gasteiger partial charge in [0.1, 0.15) is 0 Å². The summed E-state index contributed by atoms with van der Waals surface area (Å²) in [6, 6.07) is 15.5. The Morgan fingerprint density at radius 2 is 1.68 bits per heavy atom. The first-order chi connectivity index (χ1) is 9.20. The van der Waals surface area contributed by atoms with Crippen molar-refractivity contribution < 1.29 is 0 Å². The highest BCUT2D eigenvalue weighted by atomic mass is 32.2. The van der Waals surface area contributed by atoms with Gasteiger partial charge in [0.05, 0.1) is 4.58 Å². The fourth-order valence-corrected chi connectivity index (χ4v) is 4.44. The second kappa shape index (κ2) is 5.48. The lowest BCUT2D eigenvalue weighted by Gasteiger charge is -2.19. The van der Waals surface area contributed by atoms with Crippen molar-refractivity contribution in [2.24, 2.45) is 0 Å². The molecule has 0 fully saturated rings. The fraction of sp³-hybridized carbons (Fsp3) is 0.176. The lowest BCUT2D eigenvalue weighted by Crippen LogP contribution is -1.98. The quantitative estimate of drug-likeness (QED) is 0.710. The van der Waals surface area contributed by atoms with Gasteiger partial charge in [-0.05, 0) is 37.6 Å². The molecule has 0 radical (unpaired) electrons. The summed E-state index contributed by atoms with van der Waals surface area (Å²) in [5, 5.41) is 0. The minimum absolute atomic E-state index is 0.470. The predicted molar refractivity (Wildman–Crippen MR) is 86.9 cm³/mol. The highest BCUT2D eigenvalue weighted by Gasteiger charge is 2.15. The van der Waals surface area contributed by atoms with Crippen LogP contribution in [0.5, 0.6) is 0 Å². The molecule has 19 heavy (non-hydrogen) atoms. The van der Waals surface area contributed by atoms with Crippen LogP contribution in [0.2, 0.25) is 0 Å². The molecule has 1 atom stereocenters. The van der Waals surface area contributed by atoms with Crippen LogP contribution in [0.3, 0.4) is 0 Å². The van der Waals surface area contributed by atoms with Crippen LogP contribution in [0.4, 0.5) is 0 Å². The number of aryl methyl sites for hydroxylation is 2. The van der Waals surface area contributed by atoms with E-state index < -0.39 is 0 Å². The van der Waals surface area contributed by atoms with Crippen LogP contribution in [-0.2, 0) is 0 Å². The molecule has 0 N–H and O–H groups in total. The zero-order valence-electron chi connectivity index (χ0n) is 11.1. The second-order valence-corrected chi connectivity index (χ2v) is 7.51. The van der Waals surface area contributed by atoms with Crippen LogP contribution in [0.15, 0.2) is 58.3 Å². The number of hydrogen-bond acceptors (Lipinski definition) is 2. The molecule has 0 amide bonds. The lowest BCUT2D eigenvalue weighted by atomic mass is 10.1. The van der Waals surface area contributed by atoms with Crippen LogP contribution < -0.4 is 0 Å².